The summed E-state index contributed by atoms with van der Waals surface area (Å²) in [5, 5.41) is 6.35. The van der Waals surface area contributed by atoms with Crippen LogP contribution in [0.3, 0.4) is 0 Å². The molecular weight excluding hydrogens is 220 g/mol. The van der Waals surface area contributed by atoms with Gasteiger partial charge in [0.05, 0.1) is 19.8 Å². The first-order valence-electron chi connectivity index (χ1n) is 6.37. The van der Waals surface area contributed by atoms with Crippen LogP contribution in [0.5, 0.6) is 0 Å². The van der Waals surface area contributed by atoms with Gasteiger partial charge in [-0.2, -0.15) is 0 Å². The normalized spacial score (nSPS) is 34.3. The van der Waals surface area contributed by atoms with Gasteiger partial charge >= 0.3 is 0 Å². The highest BCUT2D eigenvalue weighted by Gasteiger charge is 2.29. The lowest BCUT2D eigenvalue weighted by molar-refractivity contribution is -0.148. The van der Waals surface area contributed by atoms with E-state index in [0.29, 0.717) is 26.4 Å². The molecule has 1 amide bonds. The smallest absolute Gasteiger partial charge is 0.251 e. The Bertz CT molecular complexity index is 258. The molecule has 0 bridgehead atoms. The topological polar surface area (TPSA) is 59.6 Å². The maximum atomic E-state index is 11.8. The summed E-state index contributed by atoms with van der Waals surface area (Å²) in [4.78, 5) is 11.8. The first-order valence-corrected chi connectivity index (χ1v) is 6.37. The molecule has 0 saturated carbocycles. The SMILES string of the molecule is CC1(CNC(=O)C2COCCO2)CCCNC1. The van der Waals surface area contributed by atoms with Gasteiger partial charge < -0.3 is 20.1 Å². The Kier molecular flexibility index (Phi) is 4.36. The van der Waals surface area contributed by atoms with Crippen LogP contribution in [-0.4, -0.2) is 51.5 Å². The van der Waals surface area contributed by atoms with Crippen molar-refractivity contribution in [2.24, 2.45) is 5.41 Å². The Labute approximate surface area is 102 Å². The number of piperidine rings is 1. The zero-order valence-electron chi connectivity index (χ0n) is 10.5. The molecule has 0 aromatic carbocycles. The van der Waals surface area contributed by atoms with Gasteiger partial charge in [0.1, 0.15) is 0 Å². The molecule has 2 atom stereocenters. The van der Waals surface area contributed by atoms with Gasteiger partial charge in [0.15, 0.2) is 6.10 Å². The number of hydrogen-bond acceptors (Lipinski definition) is 4. The maximum Gasteiger partial charge on any atom is 0.251 e. The van der Waals surface area contributed by atoms with Crippen molar-refractivity contribution in [3.8, 4) is 0 Å². The second-order valence-corrected chi connectivity index (χ2v) is 5.24. The molecule has 2 fully saturated rings. The summed E-state index contributed by atoms with van der Waals surface area (Å²) < 4.78 is 10.6. The van der Waals surface area contributed by atoms with Crippen molar-refractivity contribution in [3.63, 3.8) is 0 Å². The molecule has 2 aliphatic heterocycles. The number of nitrogens with one attached hydrogen (secondary N) is 2. The molecule has 0 aliphatic carbocycles. The first kappa shape index (κ1) is 12.8. The van der Waals surface area contributed by atoms with Crippen LogP contribution in [0.1, 0.15) is 19.8 Å². The minimum Gasteiger partial charge on any atom is -0.376 e. The van der Waals surface area contributed by atoms with E-state index in [0.717, 1.165) is 19.5 Å². The predicted octanol–water partition coefficient (Wildman–Crippen LogP) is -0.0923. The average molecular weight is 242 g/mol. The number of carbonyl (C=O) groups is 1. The summed E-state index contributed by atoms with van der Waals surface area (Å²) in [5.74, 6) is -0.0449. The van der Waals surface area contributed by atoms with Gasteiger partial charge in [-0.25, -0.2) is 0 Å². The summed E-state index contributed by atoms with van der Waals surface area (Å²) in [6.45, 7) is 6.44. The lowest BCUT2D eigenvalue weighted by Gasteiger charge is -2.34. The van der Waals surface area contributed by atoms with E-state index in [1.165, 1.54) is 6.42 Å². The summed E-state index contributed by atoms with van der Waals surface area (Å²) in [7, 11) is 0. The molecule has 98 valence electrons. The van der Waals surface area contributed by atoms with Gasteiger partial charge in [-0.3, -0.25) is 4.79 Å². The van der Waals surface area contributed by atoms with E-state index in [1.807, 2.05) is 0 Å². The molecule has 2 heterocycles. The summed E-state index contributed by atoms with van der Waals surface area (Å²) in [6, 6.07) is 0. The second kappa shape index (κ2) is 5.80. The lowest BCUT2D eigenvalue weighted by Crippen LogP contribution is -2.49. The third-order valence-corrected chi connectivity index (χ3v) is 3.48. The number of rotatable bonds is 3. The Hall–Kier alpha value is -0.650. The third-order valence-electron chi connectivity index (χ3n) is 3.48. The van der Waals surface area contributed by atoms with Gasteiger partial charge in [0, 0.05) is 13.1 Å². The Morgan fingerprint density at radius 2 is 2.41 bits per heavy atom. The third kappa shape index (κ3) is 3.66. The van der Waals surface area contributed by atoms with Crippen LogP contribution >= 0.6 is 0 Å². The molecule has 5 heteroatoms. The lowest BCUT2D eigenvalue weighted by atomic mass is 9.83. The van der Waals surface area contributed by atoms with Crippen LogP contribution in [0.4, 0.5) is 0 Å². The van der Waals surface area contributed by atoms with E-state index < -0.39 is 6.10 Å². The molecule has 0 radical (unpaired) electrons. The molecule has 2 aliphatic rings. The van der Waals surface area contributed by atoms with E-state index in [2.05, 4.69) is 17.6 Å². The van der Waals surface area contributed by atoms with Crippen molar-refractivity contribution < 1.29 is 14.3 Å². The van der Waals surface area contributed by atoms with Crippen LogP contribution < -0.4 is 10.6 Å². The van der Waals surface area contributed by atoms with Crippen LogP contribution in [0.2, 0.25) is 0 Å². The van der Waals surface area contributed by atoms with Crippen molar-refractivity contribution in [1.29, 1.82) is 0 Å². The minimum atomic E-state index is -0.427. The van der Waals surface area contributed by atoms with Crippen LogP contribution in [-0.2, 0) is 14.3 Å². The van der Waals surface area contributed by atoms with Gasteiger partial charge in [-0.15, -0.1) is 0 Å². The fourth-order valence-corrected chi connectivity index (χ4v) is 2.32. The van der Waals surface area contributed by atoms with Gasteiger partial charge in [-0.1, -0.05) is 6.92 Å². The van der Waals surface area contributed by atoms with Crippen LogP contribution in [0, 0.1) is 5.41 Å². The van der Waals surface area contributed by atoms with Gasteiger partial charge in [0.25, 0.3) is 5.91 Å². The van der Waals surface area contributed by atoms with E-state index in [1.54, 1.807) is 0 Å². The second-order valence-electron chi connectivity index (χ2n) is 5.24. The predicted molar refractivity (Wildman–Crippen MR) is 63.8 cm³/mol. The van der Waals surface area contributed by atoms with Crippen molar-refractivity contribution in [2.75, 3.05) is 39.5 Å². The van der Waals surface area contributed by atoms with Gasteiger partial charge in [-0.05, 0) is 24.8 Å². The first-order chi connectivity index (χ1) is 8.20. The molecule has 0 spiro atoms. The zero-order valence-corrected chi connectivity index (χ0v) is 10.5. The molecule has 0 aromatic heterocycles. The van der Waals surface area contributed by atoms with Crippen molar-refractivity contribution >= 4 is 5.91 Å². The molecule has 17 heavy (non-hydrogen) atoms. The average Bonchev–Trinajstić information content (AvgIpc) is 2.38. The van der Waals surface area contributed by atoms with Crippen molar-refractivity contribution in [3.05, 3.63) is 0 Å². The summed E-state index contributed by atoms with van der Waals surface area (Å²) in [6.07, 6.45) is 1.90. The van der Waals surface area contributed by atoms with E-state index in [9.17, 15) is 4.79 Å². The van der Waals surface area contributed by atoms with Crippen LogP contribution in [0.15, 0.2) is 0 Å². The Balaban J connectivity index is 1.74. The van der Waals surface area contributed by atoms with Crippen molar-refractivity contribution in [2.45, 2.75) is 25.9 Å². The monoisotopic (exact) mass is 242 g/mol. The highest BCUT2D eigenvalue weighted by molar-refractivity contribution is 5.81. The standard InChI is InChI=1S/C12H22N2O3/c1-12(3-2-4-13-8-12)9-14-11(15)10-7-16-5-6-17-10/h10,13H,2-9H2,1H3,(H,14,15). The molecule has 2 unspecified atom stereocenters. The number of hydrogen-bond donors (Lipinski definition) is 2. The van der Waals surface area contributed by atoms with E-state index in [4.69, 9.17) is 9.47 Å². The molecule has 5 nitrogen and oxygen atoms in total. The maximum absolute atomic E-state index is 11.8. The van der Waals surface area contributed by atoms with E-state index in [-0.39, 0.29) is 11.3 Å². The molecule has 2 rings (SSSR count). The zero-order chi connectivity index (χ0) is 12.1. The largest absolute Gasteiger partial charge is 0.376 e. The molecule has 0 aromatic rings. The quantitative estimate of drug-likeness (QED) is 0.726. The number of ether oxygens (including phenoxy) is 2. The highest BCUT2D eigenvalue weighted by Crippen LogP contribution is 2.24. The fourth-order valence-electron chi connectivity index (χ4n) is 2.32. The van der Waals surface area contributed by atoms with Gasteiger partial charge in [0.2, 0.25) is 0 Å². The van der Waals surface area contributed by atoms with Crippen LogP contribution in [0.25, 0.3) is 0 Å². The number of amides is 1. The fraction of sp³-hybridized carbons (Fsp3) is 0.917. The van der Waals surface area contributed by atoms with Crippen molar-refractivity contribution in [1.82, 2.24) is 10.6 Å². The highest BCUT2D eigenvalue weighted by atomic mass is 16.6. The summed E-state index contributed by atoms with van der Waals surface area (Å²) >= 11 is 0. The Morgan fingerprint density at radius 1 is 1.53 bits per heavy atom. The molecule has 2 saturated heterocycles. The molecular formula is C12H22N2O3. The summed E-state index contributed by atoms with van der Waals surface area (Å²) in [5.41, 5.74) is 0.170. The minimum absolute atomic E-state index is 0.0449. The molecule has 2 N–H and O–H groups in total. The van der Waals surface area contributed by atoms with E-state index >= 15 is 0 Å². The number of carbonyl (C=O) groups excluding carboxylic acids is 1. The Morgan fingerprint density at radius 3 is 3.06 bits per heavy atom.